The monoisotopic (exact) mass is 226 g/mol. The van der Waals surface area contributed by atoms with E-state index in [9.17, 15) is 4.79 Å². The molecule has 86 valence electrons. The van der Waals surface area contributed by atoms with E-state index in [2.05, 4.69) is 23.5 Å². The Hall–Kier alpha value is -1.82. The van der Waals surface area contributed by atoms with Crippen LogP contribution in [0.5, 0.6) is 0 Å². The van der Waals surface area contributed by atoms with Crippen LogP contribution in [0.15, 0.2) is 24.3 Å². The molecule has 0 radical (unpaired) electrons. The van der Waals surface area contributed by atoms with E-state index in [-0.39, 0.29) is 11.9 Å². The quantitative estimate of drug-likeness (QED) is 0.839. The van der Waals surface area contributed by atoms with Crippen molar-refractivity contribution in [2.75, 3.05) is 0 Å². The SMILES string of the molecule is N#CC1(C(=O)NC2CCc3ccccc32)CC1. The van der Waals surface area contributed by atoms with Crippen molar-refractivity contribution in [2.24, 2.45) is 5.41 Å². The van der Waals surface area contributed by atoms with Gasteiger partial charge in [0.15, 0.2) is 0 Å². The molecular weight excluding hydrogens is 212 g/mol. The van der Waals surface area contributed by atoms with E-state index in [1.165, 1.54) is 11.1 Å². The second kappa shape index (κ2) is 3.59. The molecule has 3 heteroatoms. The van der Waals surface area contributed by atoms with Crippen LogP contribution in [0.3, 0.4) is 0 Å². The highest BCUT2D eigenvalue weighted by Crippen LogP contribution is 2.46. The van der Waals surface area contributed by atoms with E-state index in [0.717, 1.165) is 12.8 Å². The number of nitrogens with one attached hydrogen (secondary N) is 1. The van der Waals surface area contributed by atoms with Gasteiger partial charge in [-0.05, 0) is 36.8 Å². The summed E-state index contributed by atoms with van der Waals surface area (Å²) in [5.41, 5.74) is 1.83. The van der Waals surface area contributed by atoms with Crippen molar-refractivity contribution in [2.45, 2.75) is 31.7 Å². The summed E-state index contributed by atoms with van der Waals surface area (Å²) in [5.74, 6) is -0.0818. The summed E-state index contributed by atoms with van der Waals surface area (Å²) in [6.07, 6.45) is 3.39. The van der Waals surface area contributed by atoms with Crippen LogP contribution in [0.2, 0.25) is 0 Å². The zero-order valence-corrected chi connectivity index (χ0v) is 9.57. The molecule has 0 aromatic heterocycles. The molecular formula is C14H14N2O. The van der Waals surface area contributed by atoms with Crippen LogP contribution in [0.4, 0.5) is 0 Å². The first-order valence-corrected chi connectivity index (χ1v) is 6.05. The molecule has 0 saturated heterocycles. The molecule has 0 bridgehead atoms. The van der Waals surface area contributed by atoms with Crippen LogP contribution in [-0.2, 0) is 11.2 Å². The van der Waals surface area contributed by atoms with Crippen molar-refractivity contribution >= 4 is 5.91 Å². The maximum Gasteiger partial charge on any atom is 0.240 e. The number of amides is 1. The molecule has 0 aliphatic heterocycles. The highest BCUT2D eigenvalue weighted by molar-refractivity contribution is 5.88. The first kappa shape index (κ1) is 10.3. The van der Waals surface area contributed by atoms with Gasteiger partial charge in [0.1, 0.15) is 5.41 Å². The van der Waals surface area contributed by atoms with E-state index in [0.29, 0.717) is 12.8 Å². The largest absolute Gasteiger partial charge is 0.348 e. The topological polar surface area (TPSA) is 52.9 Å². The first-order valence-electron chi connectivity index (χ1n) is 6.05. The lowest BCUT2D eigenvalue weighted by atomic mass is 10.1. The average Bonchev–Trinajstić information content (AvgIpc) is 3.07. The summed E-state index contributed by atoms with van der Waals surface area (Å²) in [6.45, 7) is 0. The van der Waals surface area contributed by atoms with Crippen LogP contribution >= 0.6 is 0 Å². The molecule has 3 rings (SSSR count). The fraction of sp³-hybridized carbons (Fsp3) is 0.429. The number of benzene rings is 1. The van der Waals surface area contributed by atoms with Crippen molar-refractivity contribution in [3.63, 3.8) is 0 Å². The van der Waals surface area contributed by atoms with Crippen LogP contribution in [0.25, 0.3) is 0 Å². The number of fused-ring (bicyclic) bond motifs is 1. The molecule has 2 aliphatic rings. The molecule has 1 atom stereocenters. The molecule has 1 aromatic rings. The Morgan fingerprint density at radius 1 is 1.41 bits per heavy atom. The standard InChI is InChI=1S/C14H14N2O/c15-9-14(7-8-14)13(17)16-12-6-5-10-3-1-2-4-11(10)12/h1-4,12H,5-8H2,(H,16,17). The second-order valence-corrected chi connectivity index (χ2v) is 4.96. The van der Waals surface area contributed by atoms with Crippen LogP contribution in [0.1, 0.15) is 36.4 Å². The highest BCUT2D eigenvalue weighted by atomic mass is 16.2. The smallest absolute Gasteiger partial charge is 0.240 e. The number of carbonyl (C=O) groups is 1. The average molecular weight is 226 g/mol. The molecule has 0 heterocycles. The molecule has 1 saturated carbocycles. The van der Waals surface area contributed by atoms with Gasteiger partial charge in [0.05, 0.1) is 12.1 Å². The molecule has 1 fully saturated rings. The number of rotatable bonds is 2. The van der Waals surface area contributed by atoms with Gasteiger partial charge in [0.25, 0.3) is 0 Å². The number of hydrogen-bond acceptors (Lipinski definition) is 2. The number of nitriles is 1. The Labute approximate surface area is 100 Å². The molecule has 0 spiro atoms. The van der Waals surface area contributed by atoms with Gasteiger partial charge in [-0.3, -0.25) is 4.79 Å². The summed E-state index contributed by atoms with van der Waals surface area (Å²) in [5, 5.41) is 12.0. The van der Waals surface area contributed by atoms with Crippen molar-refractivity contribution in [3.8, 4) is 6.07 Å². The van der Waals surface area contributed by atoms with Crippen LogP contribution in [-0.4, -0.2) is 5.91 Å². The Morgan fingerprint density at radius 3 is 2.88 bits per heavy atom. The van der Waals surface area contributed by atoms with Crippen LogP contribution in [0, 0.1) is 16.7 Å². The Kier molecular flexibility index (Phi) is 2.19. The summed E-state index contributed by atoms with van der Waals surface area (Å²) < 4.78 is 0. The minimum Gasteiger partial charge on any atom is -0.348 e. The fourth-order valence-corrected chi connectivity index (χ4v) is 2.52. The molecule has 1 N–H and O–H groups in total. The zero-order valence-electron chi connectivity index (χ0n) is 9.57. The lowest BCUT2D eigenvalue weighted by molar-refractivity contribution is -0.125. The Bertz CT molecular complexity index is 511. The lowest BCUT2D eigenvalue weighted by Crippen LogP contribution is -2.33. The van der Waals surface area contributed by atoms with E-state index in [1.807, 2.05) is 12.1 Å². The summed E-state index contributed by atoms with van der Waals surface area (Å²) in [4.78, 5) is 12.0. The minimum absolute atomic E-state index is 0.0818. The van der Waals surface area contributed by atoms with Gasteiger partial charge in [-0.2, -0.15) is 5.26 Å². The lowest BCUT2D eigenvalue weighted by Gasteiger charge is -2.15. The van der Waals surface area contributed by atoms with Crippen LogP contribution < -0.4 is 5.32 Å². The number of carbonyl (C=O) groups excluding carboxylic acids is 1. The number of hydrogen-bond donors (Lipinski definition) is 1. The summed E-state index contributed by atoms with van der Waals surface area (Å²) in [7, 11) is 0. The zero-order chi connectivity index (χ0) is 11.9. The van der Waals surface area contributed by atoms with Gasteiger partial charge < -0.3 is 5.32 Å². The van der Waals surface area contributed by atoms with Crippen molar-refractivity contribution in [3.05, 3.63) is 35.4 Å². The van der Waals surface area contributed by atoms with Crippen molar-refractivity contribution < 1.29 is 4.79 Å². The van der Waals surface area contributed by atoms with E-state index in [4.69, 9.17) is 5.26 Å². The van der Waals surface area contributed by atoms with Crippen molar-refractivity contribution in [1.82, 2.24) is 5.32 Å². The minimum atomic E-state index is -0.711. The normalized spacial score (nSPS) is 23.6. The molecule has 3 nitrogen and oxygen atoms in total. The van der Waals surface area contributed by atoms with E-state index < -0.39 is 5.41 Å². The number of nitrogens with zero attached hydrogens (tertiary/aromatic N) is 1. The maximum atomic E-state index is 12.0. The van der Waals surface area contributed by atoms with Gasteiger partial charge in [0.2, 0.25) is 5.91 Å². The fourth-order valence-electron chi connectivity index (χ4n) is 2.52. The van der Waals surface area contributed by atoms with Gasteiger partial charge in [-0.15, -0.1) is 0 Å². The molecule has 1 amide bonds. The predicted molar refractivity (Wildman–Crippen MR) is 62.9 cm³/mol. The van der Waals surface area contributed by atoms with Gasteiger partial charge in [0, 0.05) is 0 Å². The van der Waals surface area contributed by atoms with Gasteiger partial charge >= 0.3 is 0 Å². The Balaban J connectivity index is 1.76. The van der Waals surface area contributed by atoms with E-state index in [1.54, 1.807) is 0 Å². The number of aryl methyl sites for hydroxylation is 1. The van der Waals surface area contributed by atoms with E-state index >= 15 is 0 Å². The first-order chi connectivity index (χ1) is 8.25. The molecule has 17 heavy (non-hydrogen) atoms. The third kappa shape index (κ3) is 1.61. The summed E-state index contributed by atoms with van der Waals surface area (Å²) >= 11 is 0. The van der Waals surface area contributed by atoms with Gasteiger partial charge in [-0.1, -0.05) is 24.3 Å². The predicted octanol–water partition coefficient (Wildman–Crippen LogP) is 2.09. The highest BCUT2D eigenvalue weighted by Gasteiger charge is 2.51. The third-order valence-corrected chi connectivity index (χ3v) is 3.84. The molecule has 1 aromatic carbocycles. The van der Waals surface area contributed by atoms with Gasteiger partial charge in [-0.25, -0.2) is 0 Å². The van der Waals surface area contributed by atoms with Crippen molar-refractivity contribution in [1.29, 1.82) is 5.26 Å². The molecule has 1 unspecified atom stereocenters. The third-order valence-electron chi connectivity index (χ3n) is 3.84. The Morgan fingerprint density at radius 2 is 2.18 bits per heavy atom. The second-order valence-electron chi connectivity index (χ2n) is 4.96. The maximum absolute atomic E-state index is 12.0. The molecule has 2 aliphatic carbocycles. The summed E-state index contributed by atoms with van der Waals surface area (Å²) in [6, 6.07) is 10.4.